The van der Waals surface area contributed by atoms with Gasteiger partial charge in [0.1, 0.15) is 13.2 Å². The number of allylic oxidation sites excluding steroid dienone is 9. The van der Waals surface area contributed by atoms with Crippen LogP contribution in [0.4, 0.5) is 0 Å². The first-order valence-corrected chi connectivity index (χ1v) is 21.7. The van der Waals surface area contributed by atoms with Crippen molar-refractivity contribution in [3.05, 3.63) is 60.8 Å². The van der Waals surface area contributed by atoms with Crippen LogP contribution in [0.2, 0.25) is 0 Å². The number of quaternary nitrogens is 1. The molecule has 0 radical (unpaired) electrons. The maximum Gasteiger partial charge on any atom is 0.472 e. The van der Waals surface area contributed by atoms with Crippen LogP contribution in [0.1, 0.15) is 149 Å². The lowest BCUT2D eigenvalue weighted by molar-refractivity contribution is -0.870. The summed E-state index contributed by atoms with van der Waals surface area (Å²) in [6.45, 7) is 4.63. The molecule has 9 heteroatoms. The summed E-state index contributed by atoms with van der Waals surface area (Å²) in [5.74, 6) is -0.202. The smallest absolute Gasteiger partial charge is 0.387 e. The van der Waals surface area contributed by atoms with Gasteiger partial charge in [-0.2, -0.15) is 0 Å². The van der Waals surface area contributed by atoms with Crippen molar-refractivity contribution < 1.29 is 32.9 Å². The minimum absolute atomic E-state index is 0.0512. The summed E-state index contributed by atoms with van der Waals surface area (Å²) in [5.41, 5.74) is 0. The van der Waals surface area contributed by atoms with Crippen molar-refractivity contribution in [2.45, 2.75) is 161 Å². The molecule has 0 spiro atoms. The van der Waals surface area contributed by atoms with Crippen LogP contribution in [0.25, 0.3) is 0 Å². The molecule has 0 aromatic carbocycles. The molecule has 0 rings (SSSR count). The number of hydrogen-bond donors (Lipinski definition) is 3. The number of phosphoric acid groups is 1. The molecule has 3 unspecified atom stereocenters. The van der Waals surface area contributed by atoms with Gasteiger partial charge in [0.2, 0.25) is 5.91 Å². The Bertz CT molecular complexity index is 1020. The number of unbranched alkanes of at least 4 members (excludes halogenated alkanes) is 14. The van der Waals surface area contributed by atoms with E-state index in [2.05, 4.69) is 67.8 Å². The van der Waals surface area contributed by atoms with Gasteiger partial charge < -0.3 is 19.8 Å². The summed E-state index contributed by atoms with van der Waals surface area (Å²) >= 11 is 0. The number of carbonyl (C=O) groups is 1. The molecule has 0 bridgehead atoms. The van der Waals surface area contributed by atoms with E-state index < -0.39 is 20.0 Å². The molecule has 0 saturated heterocycles. The Morgan fingerprint density at radius 1 is 0.686 bits per heavy atom. The predicted molar refractivity (Wildman–Crippen MR) is 217 cm³/mol. The molecule has 0 aromatic rings. The largest absolute Gasteiger partial charge is 0.472 e. The number of likely N-dealkylation sites (N-methyl/N-ethyl adjacent to an activating group) is 1. The summed E-state index contributed by atoms with van der Waals surface area (Å²) in [7, 11) is 1.53. The van der Waals surface area contributed by atoms with E-state index in [0.717, 1.165) is 70.6 Å². The first kappa shape index (κ1) is 49.2. The lowest BCUT2D eigenvalue weighted by Gasteiger charge is -2.25. The molecule has 0 aliphatic carbocycles. The van der Waals surface area contributed by atoms with Gasteiger partial charge in [-0.3, -0.25) is 13.8 Å². The van der Waals surface area contributed by atoms with E-state index in [9.17, 15) is 19.4 Å². The molecule has 0 aromatic heterocycles. The van der Waals surface area contributed by atoms with Gasteiger partial charge in [0, 0.05) is 6.42 Å². The van der Waals surface area contributed by atoms with Crippen LogP contribution in [0.3, 0.4) is 0 Å². The van der Waals surface area contributed by atoms with Gasteiger partial charge in [-0.25, -0.2) is 4.57 Å². The molecule has 296 valence electrons. The van der Waals surface area contributed by atoms with Crippen LogP contribution >= 0.6 is 7.82 Å². The van der Waals surface area contributed by atoms with E-state index in [1.54, 1.807) is 6.08 Å². The third kappa shape index (κ3) is 36.4. The number of rotatable bonds is 35. The number of aliphatic hydroxyl groups is 1. The molecular weight excluding hydrogens is 659 g/mol. The fourth-order valence-corrected chi connectivity index (χ4v) is 5.98. The summed E-state index contributed by atoms with van der Waals surface area (Å²) < 4.78 is 23.4. The summed E-state index contributed by atoms with van der Waals surface area (Å²) in [6.07, 6.45) is 42.9. The Labute approximate surface area is 313 Å². The van der Waals surface area contributed by atoms with Crippen molar-refractivity contribution >= 4 is 13.7 Å². The van der Waals surface area contributed by atoms with Gasteiger partial charge >= 0.3 is 7.82 Å². The lowest BCUT2D eigenvalue weighted by atomic mass is 10.1. The third-order valence-electron chi connectivity index (χ3n) is 8.47. The molecule has 3 atom stereocenters. The molecule has 0 aliphatic heterocycles. The normalized spacial score (nSPS) is 15.2. The number of hydrogen-bond acceptors (Lipinski definition) is 5. The Morgan fingerprint density at radius 3 is 1.80 bits per heavy atom. The van der Waals surface area contributed by atoms with Crippen molar-refractivity contribution in [2.24, 2.45) is 0 Å². The Morgan fingerprint density at radius 2 is 1.20 bits per heavy atom. The second kappa shape index (κ2) is 34.0. The van der Waals surface area contributed by atoms with Crippen LogP contribution < -0.4 is 5.32 Å². The van der Waals surface area contributed by atoms with Crippen LogP contribution in [0.5, 0.6) is 0 Å². The van der Waals surface area contributed by atoms with Crippen LogP contribution in [0.15, 0.2) is 60.8 Å². The Hall–Kier alpha value is -1.80. The van der Waals surface area contributed by atoms with E-state index in [4.69, 9.17) is 9.05 Å². The minimum Gasteiger partial charge on any atom is -0.387 e. The molecule has 8 nitrogen and oxygen atoms in total. The number of amides is 1. The number of nitrogens with one attached hydrogen (secondary N) is 1. The topological polar surface area (TPSA) is 105 Å². The molecule has 0 fully saturated rings. The van der Waals surface area contributed by atoms with Gasteiger partial charge in [-0.05, 0) is 64.2 Å². The molecule has 0 saturated carbocycles. The summed E-state index contributed by atoms with van der Waals surface area (Å²) in [6, 6.07) is -0.868. The zero-order chi connectivity index (χ0) is 37.9. The monoisotopic (exact) mass is 738 g/mol. The van der Waals surface area contributed by atoms with Crippen molar-refractivity contribution in [1.29, 1.82) is 0 Å². The predicted octanol–water partition coefficient (Wildman–Crippen LogP) is 10.7. The minimum atomic E-state index is -4.34. The first-order chi connectivity index (χ1) is 24.5. The van der Waals surface area contributed by atoms with E-state index in [1.165, 1.54) is 57.8 Å². The molecule has 0 heterocycles. The fourth-order valence-electron chi connectivity index (χ4n) is 5.25. The van der Waals surface area contributed by atoms with E-state index in [0.29, 0.717) is 17.4 Å². The average Bonchev–Trinajstić information content (AvgIpc) is 3.07. The first-order valence-electron chi connectivity index (χ1n) is 20.2. The van der Waals surface area contributed by atoms with E-state index >= 15 is 0 Å². The summed E-state index contributed by atoms with van der Waals surface area (Å²) in [4.78, 5) is 23.0. The van der Waals surface area contributed by atoms with Gasteiger partial charge in [-0.15, -0.1) is 0 Å². The molecule has 0 aliphatic rings. The van der Waals surface area contributed by atoms with E-state index in [-0.39, 0.29) is 19.1 Å². The highest BCUT2D eigenvalue weighted by Gasteiger charge is 2.27. The summed E-state index contributed by atoms with van der Waals surface area (Å²) in [5, 5.41) is 13.7. The molecular formula is C42H78N2O6P+. The Balaban J connectivity index is 4.54. The molecule has 1 amide bonds. The number of phosphoric ester groups is 1. The number of carbonyl (C=O) groups excluding carboxylic acids is 1. The average molecular weight is 738 g/mol. The van der Waals surface area contributed by atoms with Crippen LogP contribution in [-0.2, 0) is 18.4 Å². The van der Waals surface area contributed by atoms with E-state index in [1.807, 2.05) is 27.2 Å². The number of aliphatic hydroxyl groups excluding tert-OH is 1. The van der Waals surface area contributed by atoms with Gasteiger partial charge in [0.05, 0.1) is 39.9 Å². The highest BCUT2D eigenvalue weighted by atomic mass is 31.2. The standard InChI is InChI=1S/C42H77N2O6P/c1-6-8-10-12-14-16-18-20-21-22-23-24-26-28-30-32-34-36-42(46)43-40(39-50-51(47,48)49-38-37-44(3,4)5)41(45)35-33-31-29-27-25-19-17-15-13-11-9-7-2/h8,10,14,16,20-21,25,27,33,35,40-41,45H,6-7,9,11-13,15,17-19,22-24,26,28-32,34,36-39H2,1-5H3,(H-,43,46,47,48)/p+1/b10-8-,16-14-,21-20-,27-25+,35-33+. The van der Waals surface area contributed by atoms with Crippen molar-refractivity contribution in [2.75, 3.05) is 40.9 Å². The van der Waals surface area contributed by atoms with Gasteiger partial charge in [0.15, 0.2) is 0 Å². The maximum atomic E-state index is 12.8. The maximum absolute atomic E-state index is 12.8. The fraction of sp³-hybridized carbons (Fsp3) is 0.738. The quantitative estimate of drug-likeness (QED) is 0.0259. The lowest BCUT2D eigenvalue weighted by Crippen LogP contribution is -2.45. The Kier molecular flexibility index (Phi) is 32.8. The third-order valence-corrected chi connectivity index (χ3v) is 9.46. The van der Waals surface area contributed by atoms with Crippen molar-refractivity contribution in [3.8, 4) is 0 Å². The molecule has 51 heavy (non-hydrogen) atoms. The van der Waals surface area contributed by atoms with Crippen LogP contribution in [-0.4, -0.2) is 73.4 Å². The molecule has 3 N–H and O–H groups in total. The van der Waals surface area contributed by atoms with Gasteiger partial charge in [-0.1, -0.05) is 139 Å². The van der Waals surface area contributed by atoms with Crippen LogP contribution in [0, 0.1) is 0 Å². The highest BCUT2D eigenvalue weighted by Crippen LogP contribution is 2.43. The zero-order valence-electron chi connectivity index (χ0n) is 33.3. The van der Waals surface area contributed by atoms with Crippen molar-refractivity contribution in [3.63, 3.8) is 0 Å². The second-order valence-corrected chi connectivity index (χ2v) is 16.1. The van der Waals surface area contributed by atoms with Gasteiger partial charge in [0.25, 0.3) is 0 Å². The zero-order valence-corrected chi connectivity index (χ0v) is 34.2. The highest BCUT2D eigenvalue weighted by molar-refractivity contribution is 7.47. The SMILES string of the molecule is CC/C=C\C/C=C\C/C=C\CCCCCCCCCC(=O)NC(COP(=O)(O)OCC[N+](C)(C)C)C(O)/C=C/CC/C=C/CCCCCCCC. The number of nitrogens with zero attached hydrogens (tertiary/aromatic N) is 1. The second-order valence-electron chi connectivity index (χ2n) is 14.6. The van der Waals surface area contributed by atoms with Crippen molar-refractivity contribution in [1.82, 2.24) is 5.32 Å².